The van der Waals surface area contributed by atoms with E-state index in [2.05, 4.69) is 16.4 Å². The van der Waals surface area contributed by atoms with E-state index in [0.717, 1.165) is 36.5 Å². The summed E-state index contributed by atoms with van der Waals surface area (Å²) in [5.41, 5.74) is 2.26. The van der Waals surface area contributed by atoms with Crippen molar-refractivity contribution in [2.45, 2.75) is 37.6 Å². The van der Waals surface area contributed by atoms with Crippen LogP contribution in [-0.4, -0.2) is 24.0 Å². The van der Waals surface area contributed by atoms with Gasteiger partial charge >= 0.3 is 0 Å². The number of hydrogen-bond acceptors (Lipinski definition) is 4. The fourth-order valence-corrected chi connectivity index (χ4v) is 4.72. The molecule has 23 heavy (non-hydrogen) atoms. The molecule has 4 nitrogen and oxygen atoms in total. The molecular formula is C18H21N3OS. The van der Waals surface area contributed by atoms with Crippen molar-refractivity contribution in [2.75, 3.05) is 18.0 Å². The highest BCUT2D eigenvalue weighted by atomic mass is 32.1. The molecule has 1 saturated carbocycles. The minimum atomic E-state index is -0.0942. The fraction of sp³-hybridized carbons (Fsp3) is 0.444. The monoisotopic (exact) mass is 327 g/mol. The molecule has 120 valence electrons. The predicted octanol–water partition coefficient (Wildman–Crippen LogP) is 3.09. The Labute approximate surface area is 140 Å². The van der Waals surface area contributed by atoms with Gasteiger partial charge in [-0.25, -0.2) is 4.98 Å². The Morgan fingerprint density at radius 1 is 1.30 bits per heavy atom. The molecule has 2 aromatic rings. The first-order chi connectivity index (χ1) is 11.3. The van der Waals surface area contributed by atoms with Crippen LogP contribution in [0, 0.1) is 0 Å². The molecule has 1 aliphatic heterocycles. The zero-order valence-electron chi connectivity index (χ0n) is 13.1. The summed E-state index contributed by atoms with van der Waals surface area (Å²) in [6, 6.07) is 8.21. The summed E-state index contributed by atoms with van der Waals surface area (Å²) in [6.45, 7) is 1.18. The van der Waals surface area contributed by atoms with Crippen LogP contribution >= 0.6 is 11.3 Å². The fourth-order valence-electron chi connectivity index (χ4n) is 3.84. The topological polar surface area (TPSA) is 45.2 Å². The van der Waals surface area contributed by atoms with Crippen LogP contribution in [0.1, 0.15) is 36.3 Å². The van der Waals surface area contributed by atoms with Crippen molar-refractivity contribution in [3.8, 4) is 0 Å². The molecule has 2 aliphatic rings. The summed E-state index contributed by atoms with van der Waals surface area (Å²) in [4.78, 5) is 19.2. The number of carbonyl (C=O) groups excluding carboxylic acids is 1. The second-order valence-electron chi connectivity index (χ2n) is 6.40. The van der Waals surface area contributed by atoms with E-state index in [1.54, 1.807) is 11.3 Å². The van der Waals surface area contributed by atoms with Gasteiger partial charge in [0.05, 0.1) is 12.1 Å². The van der Waals surface area contributed by atoms with Gasteiger partial charge in [-0.2, -0.15) is 0 Å². The standard InChI is InChI=1S/C18H21N3OS/c22-16(21-11-7-14-5-1-2-6-15(14)21)13-20-18(8-3-4-9-18)17-19-10-12-23-17/h1-2,5-6,10,12,20H,3-4,7-9,11,13H2. The van der Waals surface area contributed by atoms with Crippen molar-refractivity contribution in [3.05, 3.63) is 46.4 Å². The normalized spacial score (nSPS) is 19.0. The Morgan fingerprint density at radius 2 is 2.13 bits per heavy atom. The lowest BCUT2D eigenvalue weighted by molar-refractivity contribution is -0.118. The first-order valence-corrected chi connectivity index (χ1v) is 9.20. The average Bonchev–Trinajstić information content (AvgIpc) is 3.32. The van der Waals surface area contributed by atoms with E-state index >= 15 is 0 Å². The molecule has 1 aromatic carbocycles. The quantitative estimate of drug-likeness (QED) is 0.938. The summed E-state index contributed by atoms with van der Waals surface area (Å²) in [5, 5.41) is 6.71. The van der Waals surface area contributed by atoms with Gasteiger partial charge in [-0.15, -0.1) is 11.3 Å². The van der Waals surface area contributed by atoms with Crippen molar-refractivity contribution in [2.24, 2.45) is 0 Å². The number of anilines is 1. The third-order valence-corrected chi connectivity index (χ3v) is 6.04. The summed E-state index contributed by atoms with van der Waals surface area (Å²) in [5.74, 6) is 0.165. The number of benzene rings is 1. The van der Waals surface area contributed by atoms with Crippen LogP contribution in [0.2, 0.25) is 0 Å². The van der Waals surface area contributed by atoms with Crippen LogP contribution in [0.4, 0.5) is 5.69 Å². The molecule has 1 amide bonds. The summed E-state index contributed by atoms with van der Waals surface area (Å²) >= 11 is 1.69. The number of para-hydroxylation sites is 1. The first-order valence-electron chi connectivity index (χ1n) is 8.32. The minimum absolute atomic E-state index is 0.0942. The Hall–Kier alpha value is -1.72. The number of aromatic nitrogens is 1. The third kappa shape index (κ3) is 2.68. The highest BCUT2D eigenvalue weighted by Gasteiger charge is 2.38. The number of nitrogens with zero attached hydrogens (tertiary/aromatic N) is 2. The zero-order valence-corrected chi connectivity index (χ0v) is 13.9. The predicted molar refractivity (Wildman–Crippen MR) is 92.8 cm³/mol. The van der Waals surface area contributed by atoms with Gasteiger partial charge < -0.3 is 4.90 Å². The number of fused-ring (bicyclic) bond motifs is 1. The van der Waals surface area contributed by atoms with Crippen LogP contribution in [-0.2, 0) is 16.8 Å². The number of thiazole rings is 1. The SMILES string of the molecule is O=C(CNC1(c2nccs2)CCCC1)N1CCc2ccccc21. The highest BCUT2D eigenvalue weighted by molar-refractivity contribution is 7.09. The molecular weight excluding hydrogens is 306 g/mol. The molecule has 0 unspecified atom stereocenters. The van der Waals surface area contributed by atoms with Gasteiger partial charge in [0, 0.05) is 23.8 Å². The molecule has 1 aromatic heterocycles. The van der Waals surface area contributed by atoms with Crippen LogP contribution in [0.5, 0.6) is 0 Å². The van der Waals surface area contributed by atoms with E-state index in [1.807, 2.05) is 34.7 Å². The minimum Gasteiger partial charge on any atom is -0.311 e. The molecule has 0 saturated heterocycles. The molecule has 2 heterocycles. The maximum absolute atomic E-state index is 12.7. The van der Waals surface area contributed by atoms with Gasteiger partial charge in [-0.3, -0.25) is 10.1 Å². The summed E-state index contributed by atoms with van der Waals surface area (Å²) in [7, 11) is 0. The lowest BCUT2D eigenvalue weighted by Gasteiger charge is -2.29. The van der Waals surface area contributed by atoms with Crippen molar-refractivity contribution < 1.29 is 4.79 Å². The number of rotatable bonds is 4. The van der Waals surface area contributed by atoms with Crippen LogP contribution in [0.15, 0.2) is 35.8 Å². The Bertz CT molecular complexity index is 692. The van der Waals surface area contributed by atoms with Crippen molar-refractivity contribution >= 4 is 22.9 Å². The number of nitrogens with one attached hydrogen (secondary N) is 1. The maximum Gasteiger partial charge on any atom is 0.240 e. The number of carbonyl (C=O) groups is 1. The van der Waals surface area contributed by atoms with E-state index in [1.165, 1.54) is 18.4 Å². The number of amides is 1. The lowest BCUT2D eigenvalue weighted by atomic mass is 9.98. The molecule has 0 atom stereocenters. The molecule has 4 rings (SSSR count). The van der Waals surface area contributed by atoms with E-state index < -0.39 is 0 Å². The average molecular weight is 327 g/mol. The second-order valence-corrected chi connectivity index (χ2v) is 7.30. The molecule has 0 radical (unpaired) electrons. The van der Waals surface area contributed by atoms with Gasteiger partial charge in [-0.05, 0) is 30.9 Å². The Balaban J connectivity index is 1.47. The number of hydrogen-bond donors (Lipinski definition) is 1. The second kappa shape index (κ2) is 6.06. The maximum atomic E-state index is 12.7. The van der Waals surface area contributed by atoms with Crippen LogP contribution in [0.25, 0.3) is 0 Å². The molecule has 1 aliphatic carbocycles. The van der Waals surface area contributed by atoms with Crippen LogP contribution in [0.3, 0.4) is 0 Å². The molecule has 0 spiro atoms. The van der Waals surface area contributed by atoms with E-state index in [-0.39, 0.29) is 11.4 Å². The van der Waals surface area contributed by atoms with Gasteiger partial charge in [0.1, 0.15) is 5.01 Å². The van der Waals surface area contributed by atoms with Gasteiger partial charge in [0.2, 0.25) is 5.91 Å². The van der Waals surface area contributed by atoms with E-state index in [0.29, 0.717) is 6.54 Å². The smallest absolute Gasteiger partial charge is 0.240 e. The van der Waals surface area contributed by atoms with E-state index in [4.69, 9.17) is 0 Å². The Morgan fingerprint density at radius 3 is 2.91 bits per heavy atom. The van der Waals surface area contributed by atoms with Crippen molar-refractivity contribution in [1.82, 2.24) is 10.3 Å². The highest BCUT2D eigenvalue weighted by Crippen LogP contribution is 2.39. The zero-order chi connectivity index (χ0) is 15.7. The third-order valence-electron chi connectivity index (χ3n) is 5.07. The molecule has 5 heteroatoms. The lowest BCUT2D eigenvalue weighted by Crippen LogP contribution is -2.46. The van der Waals surface area contributed by atoms with Gasteiger partial charge in [0.25, 0.3) is 0 Å². The first kappa shape index (κ1) is 14.8. The van der Waals surface area contributed by atoms with Crippen molar-refractivity contribution in [3.63, 3.8) is 0 Å². The summed E-state index contributed by atoms with van der Waals surface area (Å²) < 4.78 is 0. The largest absolute Gasteiger partial charge is 0.311 e. The summed E-state index contributed by atoms with van der Waals surface area (Å²) in [6.07, 6.45) is 7.37. The van der Waals surface area contributed by atoms with Crippen LogP contribution < -0.4 is 10.2 Å². The van der Waals surface area contributed by atoms with Gasteiger partial charge in [0.15, 0.2) is 0 Å². The molecule has 1 N–H and O–H groups in total. The molecule has 0 bridgehead atoms. The van der Waals surface area contributed by atoms with Gasteiger partial charge in [-0.1, -0.05) is 31.0 Å². The molecule has 1 fully saturated rings. The van der Waals surface area contributed by atoms with Crippen molar-refractivity contribution in [1.29, 1.82) is 0 Å². The van der Waals surface area contributed by atoms with E-state index in [9.17, 15) is 4.79 Å². The Kier molecular flexibility index (Phi) is 3.91.